The molecule has 20 heteroatoms. The smallest absolute Gasteiger partial charge is 0.325 e. The van der Waals surface area contributed by atoms with Crippen LogP contribution >= 0.6 is 39.6 Å². The Labute approximate surface area is 340 Å². The van der Waals surface area contributed by atoms with Crippen molar-refractivity contribution < 1.29 is 38.6 Å². The van der Waals surface area contributed by atoms with Crippen LogP contribution in [0.25, 0.3) is 11.4 Å². The number of halogens is 1. The minimum Gasteiger partial charge on any atom is -0.504 e. The van der Waals surface area contributed by atoms with E-state index >= 15 is 0 Å². The van der Waals surface area contributed by atoms with Gasteiger partial charge in [-0.3, -0.25) is 29.7 Å². The van der Waals surface area contributed by atoms with Crippen LogP contribution in [0.3, 0.4) is 0 Å². The molecule has 0 aliphatic carbocycles. The molecule has 1 unspecified atom stereocenters. The van der Waals surface area contributed by atoms with Gasteiger partial charge in [0, 0.05) is 45.6 Å². The Hall–Kier alpha value is -4.73. The van der Waals surface area contributed by atoms with Crippen LogP contribution in [0.2, 0.25) is 0 Å². The van der Waals surface area contributed by atoms with Gasteiger partial charge >= 0.3 is 5.97 Å². The number of esters is 1. The van der Waals surface area contributed by atoms with Crippen LogP contribution in [-0.4, -0.2) is 107 Å². The number of nitro benzene ring substituents is 1. The Morgan fingerprint density at radius 3 is 2.45 bits per heavy atom. The number of hydrogen-bond donors (Lipinski definition) is 4. The number of nitrogens with one attached hydrogen (secondary N) is 3. The first-order valence-corrected chi connectivity index (χ1v) is 20.0. The van der Waals surface area contributed by atoms with Crippen molar-refractivity contribution in [1.29, 1.82) is 0 Å². The first-order chi connectivity index (χ1) is 26.8. The number of carbonyl (C=O) groups is 2. The maximum Gasteiger partial charge on any atom is 0.325 e. The van der Waals surface area contributed by atoms with E-state index in [2.05, 4.69) is 46.6 Å². The average molecular weight is 876 g/mol. The fraction of sp³-hybridized carbons (Fsp3) is 0.361. The molecule has 0 radical (unpaired) electrons. The van der Waals surface area contributed by atoms with E-state index in [1.165, 1.54) is 61.2 Å². The van der Waals surface area contributed by atoms with Gasteiger partial charge in [0.15, 0.2) is 17.3 Å². The number of hydrogen-bond acceptors (Lipinski definition) is 16. The Morgan fingerprint density at radius 1 is 1.07 bits per heavy atom. The summed E-state index contributed by atoms with van der Waals surface area (Å²) in [6, 6.07) is 14.9. The lowest BCUT2D eigenvalue weighted by Gasteiger charge is -2.22. The fourth-order valence-corrected chi connectivity index (χ4v) is 6.40. The van der Waals surface area contributed by atoms with Crippen LogP contribution in [0, 0.1) is 10.1 Å². The third-order valence-corrected chi connectivity index (χ3v) is 9.84. The molecule has 4 aromatic rings. The van der Waals surface area contributed by atoms with E-state index < -0.39 is 16.9 Å². The number of phenolic OH excluding ortho intramolecular Hbond substituents is 1. The Bertz CT molecular complexity index is 1960. The maximum absolute atomic E-state index is 13.0. The number of phenols is 1. The molecule has 0 saturated carbocycles. The van der Waals surface area contributed by atoms with Gasteiger partial charge in [-0.05, 0) is 91.5 Å². The Kier molecular flexibility index (Phi) is 16.9. The first-order valence-electron chi connectivity index (χ1n) is 17.0. The Balaban J connectivity index is 1.22. The summed E-state index contributed by atoms with van der Waals surface area (Å²) in [5.74, 6) is 0.960. The van der Waals surface area contributed by atoms with E-state index in [4.69, 9.17) is 18.9 Å². The van der Waals surface area contributed by atoms with Crippen LogP contribution < -0.4 is 29.6 Å². The largest absolute Gasteiger partial charge is 0.504 e. The fourth-order valence-electron chi connectivity index (χ4n) is 4.59. The zero-order valence-corrected chi connectivity index (χ0v) is 34.5. The number of ether oxygens (including phenoxy) is 4. The molecular weight excluding hydrogens is 832 g/mol. The highest BCUT2D eigenvalue weighted by Crippen LogP contribution is 2.32. The molecule has 17 nitrogen and oxygen atoms in total. The quantitative estimate of drug-likeness (QED) is 0.0126. The van der Waals surface area contributed by atoms with Crippen molar-refractivity contribution in [2.24, 2.45) is 5.10 Å². The van der Waals surface area contributed by atoms with E-state index in [-0.39, 0.29) is 61.5 Å². The molecule has 0 aliphatic rings. The lowest BCUT2D eigenvalue weighted by Crippen LogP contribution is -2.49. The molecule has 3 aromatic carbocycles. The number of aromatic hydroxyl groups is 1. The number of rotatable bonds is 21. The molecule has 1 heterocycles. The van der Waals surface area contributed by atoms with Crippen LogP contribution in [0.5, 0.6) is 23.0 Å². The van der Waals surface area contributed by atoms with Crippen molar-refractivity contribution in [3.8, 4) is 34.4 Å². The molecule has 4 N–H and O–H groups in total. The summed E-state index contributed by atoms with van der Waals surface area (Å²) in [5.41, 5.74) is 1.12. The van der Waals surface area contributed by atoms with E-state index in [1.807, 2.05) is 39.2 Å². The highest BCUT2D eigenvalue weighted by atomic mass is 79.9. The van der Waals surface area contributed by atoms with Gasteiger partial charge in [0.2, 0.25) is 11.1 Å². The molecule has 1 aromatic heterocycles. The number of nitro groups is 1. The number of nitrogens with zero attached hydrogens (tertiary/aromatic N) is 5. The summed E-state index contributed by atoms with van der Waals surface area (Å²) >= 11 is 6.18. The lowest BCUT2D eigenvalue weighted by atomic mass is 10.1. The van der Waals surface area contributed by atoms with Crippen molar-refractivity contribution in [3.63, 3.8) is 0 Å². The topological polar surface area (TPSA) is 214 Å². The second-order valence-electron chi connectivity index (χ2n) is 12.7. The number of benzene rings is 3. The van der Waals surface area contributed by atoms with E-state index in [0.717, 1.165) is 5.56 Å². The number of carbonyl (C=O) groups excluding carboxylic acids is 2. The third kappa shape index (κ3) is 13.8. The van der Waals surface area contributed by atoms with E-state index in [0.29, 0.717) is 38.3 Å². The minimum absolute atomic E-state index is 0.00574. The van der Waals surface area contributed by atoms with E-state index in [1.54, 1.807) is 29.1 Å². The molecule has 0 fully saturated rings. The Morgan fingerprint density at radius 2 is 1.79 bits per heavy atom. The van der Waals surface area contributed by atoms with Gasteiger partial charge in [-0.15, -0.1) is 10.2 Å². The number of methoxy groups -OCH3 is 1. The zero-order valence-electron chi connectivity index (χ0n) is 31.3. The number of thioether (sulfide) groups is 1. The summed E-state index contributed by atoms with van der Waals surface area (Å²) < 4.78 is 27.5. The molecule has 4 rings (SSSR count). The van der Waals surface area contributed by atoms with Gasteiger partial charge in [0.25, 0.3) is 5.69 Å². The SMILES string of the molecule is COc1cc(/C=N/n2c(SC)nnc2-c2ccc(OCCOCCNC(=O)C(CSNC(C)(C)C)NCC(=O)Oc3ccc([N+](=O)[O-])cc3)cc2)c(Br)cc1O. The highest BCUT2D eigenvalue weighted by molar-refractivity contribution is 9.10. The monoisotopic (exact) mass is 874 g/mol. The van der Waals surface area contributed by atoms with E-state index in [9.17, 15) is 24.8 Å². The number of aromatic nitrogens is 3. The maximum atomic E-state index is 13.0. The molecule has 0 spiro atoms. The van der Waals surface area contributed by atoms with Gasteiger partial charge in [-0.25, -0.2) is 0 Å². The third-order valence-electron chi connectivity index (χ3n) is 7.28. The molecule has 0 bridgehead atoms. The summed E-state index contributed by atoms with van der Waals surface area (Å²) in [7, 11) is 1.47. The molecule has 1 atom stereocenters. The second-order valence-corrected chi connectivity index (χ2v) is 15.2. The summed E-state index contributed by atoms with van der Waals surface area (Å²) in [5, 5.41) is 40.4. The first kappa shape index (κ1) is 44.0. The van der Waals surface area contributed by atoms with Crippen LogP contribution in [0.1, 0.15) is 26.3 Å². The van der Waals surface area contributed by atoms with Crippen LogP contribution in [0.15, 0.2) is 75.4 Å². The highest BCUT2D eigenvalue weighted by Gasteiger charge is 2.21. The van der Waals surface area contributed by atoms with Crippen molar-refractivity contribution in [1.82, 2.24) is 30.2 Å². The molecule has 0 saturated heterocycles. The summed E-state index contributed by atoms with van der Waals surface area (Å²) in [4.78, 5) is 35.8. The van der Waals surface area contributed by atoms with Gasteiger partial charge in [0.05, 0.1) is 44.0 Å². The normalized spacial score (nSPS) is 12.0. The molecule has 56 heavy (non-hydrogen) atoms. The second kappa shape index (κ2) is 21.5. The minimum atomic E-state index is -0.732. The predicted octanol–water partition coefficient (Wildman–Crippen LogP) is 5.05. The summed E-state index contributed by atoms with van der Waals surface area (Å²) in [6.45, 7) is 6.72. The number of amides is 1. The number of non-ortho nitro benzene ring substituents is 1. The van der Waals surface area contributed by atoms with Crippen LogP contribution in [-0.2, 0) is 14.3 Å². The van der Waals surface area contributed by atoms with Gasteiger partial charge < -0.3 is 29.4 Å². The van der Waals surface area contributed by atoms with Gasteiger partial charge in [-0.1, -0.05) is 23.7 Å². The standard InChI is InChI=1S/C36H43BrN8O9S2/c1-36(2,3)43-56-22-29(39-21-32(47)54-27-12-8-25(9-13-27)45(49)50)34(48)38-14-15-52-16-17-53-26-10-6-23(7-11-26)33-41-42-35(55-5)44(33)40-20-24-18-31(51-4)30(46)19-28(24)37/h6-13,18-20,29,39,43,46H,14-17,21-22H2,1-5H3,(H,38,48)/b40-20+. The van der Waals surface area contributed by atoms with Gasteiger partial charge in [-0.2, -0.15) is 9.78 Å². The predicted molar refractivity (Wildman–Crippen MR) is 218 cm³/mol. The molecule has 300 valence electrons. The zero-order chi connectivity index (χ0) is 40.7. The van der Waals surface area contributed by atoms with Crippen molar-refractivity contribution in [3.05, 3.63) is 80.8 Å². The van der Waals surface area contributed by atoms with Crippen molar-refractivity contribution in [2.45, 2.75) is 37.5 Å². The lowest BCUT2D eigenvalue weighted by molar-refractivity contribution is -0.384. The van der Waals surface area contributed by atoms with Crippen LogP contribution in [0.4, 0.5) is 5.69 Å². The molecule has 0 aliphatic heterocycles. The summed E-state index contributed by atoms with van der Waals surface area (Å²) in [6.07, 6.45) is 3.50. The van der Waals surface area contributed by atoms with Gasteiger partial charge in [0.1, 0.15) is 18.1 Å². The van der Waals surface area contributed by atoms with Crippen molar-refractivity contribution >= 4 is 63.4 Å². The molecular formula is C36H43BrN8O9S2. The molecule has 1 amide bonds. The average Bonchev–Trinajstić information content (AvgIpc) is 3.58. The van der Waals surface area contributed by atoms with Crippen molar-refractivity contribution in [2.75, 3.05) is 52.0 Å².